The Balaban J connectivity index is 1.66. The van der Waals surface area contributed by atoms with Crippen molar-refractivity contribution in [2.24, 2.45) is 0 Å². The Kier molecular flexibility index (Phi) is 4.66. The van der Waals surface area contributed by atoms with Gasteiger partial charge < -0.3 is 4.90 Å². The van der Waals surface area contributed by atoms with Crippen LogP contribution in [-0.4, -0.2) is 17.7 Å². The number of halogens is 2. The SMILES string of the molecule is CC(SCc1cccc(F)c1F)C(=O)N1CCc2ccccc21. The lowest BCUT2D eigenvalue weighted by atomic mass is 10.2. The van der Waals surface area contributed by atoms with Gasteiger partial charge in [0, 0.05) is 23.5 Å². The quantitative estimate of drug-likeness (QED) is 0.837. The zero-order valence-electron chi connectivity index (χ0n) is 12.8. The average Bonchev–Trinajstić information content (AvgIpc) is 2.99. The first-order valence-corrected chi connectivity index (χ1v) is 8.56. The number of fused-ring (bicyclic) bond motifs is 1. The number of para-hydroxylation sites is 1. The molecule has 3 rings (SSSR count). The van der Waals surface area contributed by atoms with Crippen molar-refractivity contribution in [1.29, 1.82) is 0 Å². The second-order valence-electron chi connectivity index (χ2n) is 5.53. The minimum absolute atomic E-state index is 0.0109. The van der Waals surface area contributed by atoms with E-state index in [4.69, 9.17) is 0 Å². The van der Waals surface area contributed by atoms with Gasteiger partial charge in [-0.05, 0) is 31.0 Å². The second kappa shape index (κ2) is 6.71. The third-order valence-electron chi connectivity index (χ3n) is 4.02. The van der Waals surface area contributed by atoms with Crippen LogP contribution in [-0.2, 0) is 17.0 Å². The summed E-state index contributed by atoms with van der Waals surface area (Å²) in [7, 11) is 0. The van der Waals surface area contributed by atoms with Crippen LogP contribution in [0.15, 0.2) is 42.5 Å². The third-order valence-corrected chi connectivity index (χ3v) is 5.20. The lowest BCUT2D eigenvalue weighted by molar-refractivity contribution is -0.117. The lowest BCUT2D eigenvalue weighted by Gasteiger charge is -2.21. The molecule has 0 aromatic heterocycles. The summed E-state index contributed by atoms with van der Waals surface area (Å²) in [5.74, 6) is -1.40. The summed E-state index contributed by atoms with van der Waals surface area (Å²) in [4.78, 5) is 14.4. The number of amides is 1. The first kappa shape index (κ1) is 16.0. The molecule has 2 aromatic carbocycles. The molecule has 2 aromatic rings. The summed E-state index contributed by atoms with van der Waals surface area (Å²) < 4.78 is 26.9. The number of hydrogen-bond acceptors (Lipinski definition) is 2. The highest BCUT2D eigenvalue weighted by molar-refractivity contribution is 7.99. The molecule has 1 heterocycles. The number of thioether (sulfide) groups is 1. The first-order chi connectivity index (χ1) is 11.1. The lowest BCUT2D eigenvalue weighted by Crippen LogP contribution is -2.35. The predicted octanol–water partition coefficient (Wildman–Crippen LogP) is 4.18. The minimum atomic E-state index is -0.851. The van der Waals surface area contributed by atoms with Crippen LogP contribution >= 0.6 is 11.8 Å². The first-order valence-electron chi connectivity index (χ1n) is 7.51. The van der Waals surface area contributed by atoms with Crippen molar-refractivity contribution in [2.45, 2.75) is 24.3 Å². The second-order valence-corrected chi connectivity index (χ2v) is 6.86. The number of rotatable bonds is 4. The van der Waals surface area contributed by atoms with Crippen molar-refractivity contribution in [3.05, 3.63) is 65.2 Å². The molecule has 0 fully saturated rings. The number of hydrogen-bond donors (Lipinski definition) is 0. The van der Waals surface area contributed by atoms with Crippen molar-refractivity contribution in [3.63, 3.8) is 0 Å². The summed E-state index contributed by atoms with van der Waals surface area (Å²) in [5, 5.41) is -0.316. The number of carbonyl (C=O) groups excluding carboxylic acids is 1. The van der Waals surface area contributed by atoms with E-state index in [2.05, 4.69) is 0 Å². The van der Waals surface area contributed by atoms with Gasteiger partial charge in [0.2, 0.25) is 5.91 Å². The zero-order chi connectivity index (χ0) is 16.4. The van der Waals surface area contributed by atoms with Gasteiger partial charge in [-0.1, -0.05) is 30.3 Å². The van der Waals surface area contributed by atoms with Gasteiger partial charge in [0.1, 0.15) is 0 Å². The Morgan fingerprint density at radius 3 is 2.83 bits per heavy atom. The summed E-state index contributed by atoms with van der Waals surface area (Å²) in [5.41, 5.74) is 2.42. The molecule has 0 bridgehead atoms. The molecule has 1 amide bonds. The Bertz CT molecular complexity index is 735. The largest absolute Gasteiger partial charge is 0.311 e. The highest BCUT2D eigenvalue weighted by Gasteiger charge is 2.28. The van der Waals surface area contributed by atoms with Crippen molar-refractivity contribution in [3.8, 4) is 0 Å². The van der Waals surface area contributed by atoms with Gasteiger partial charge in [0.25, 0.3) is 0 Å². The molecule has 23 heavy (non-hydrogen) atoms. The zero-order valence-corrected chi connectivity index (χ0v) is 13.6. The molecular weight excluding hydrogens is 316 g/mol. The van der Waals surface area contributed by atoms with Crippen LogP contribution in [0.4, 0.5) is 14.5 Å². The predicted molar refractivity (Wildman–Crippen MR) is 89.6 cm³/mol. The number of anilines is 1. The van der Waals surface area contributed by atoms with Gasteiger partial charge in [-0.25, -0.2) is 8.78 Å². The van der Waals surface area contributed by atoms with E-state index < -0.39 is 11.6 Å². The average molecular weight is 333 g/mol. The molecule has 0 aliphatic carbocycles. The maximum Gasteiger partial charge on any atom is 0.239 e. The van der Waals surface area contributed by atoms with Crippen LogP contribution in [0.5, 0.6) is 0 Å². The van der Waals surface area contributed by atoms with Crippen LogP contribution in [0.2, 0.25) is 0 Å². The monoisotopic (exact) mass is 333 g/mol. The van der Waals surface area contributed by atoms with E-state index in [0.717, 1.165) is 18.2 Å². The van der Waals surface area contributed by atoms with E-state index in [9.17, 15) is 13.6 Å². The van der Waals surface area contributed by atoms with Crippen LogP contribution in [0, 0.1) is 11.6 Å². The molecule has 1 aliphatic heterocycles. The highest BCUT2D eigenvalue weighted by atomic mass is 32.2. The topological polar surface area (TPSA) is 20.3 Å². The molecule has 0 radical (unpaired) electrons. The smallest absolute Gasteiger partial charge is 0.239 e. The Labute approximate surface area is 138 Å². The molecule has 0 spiro atoms. The van der Waals surface area contributed by atoms with Gasteiger partial charge in [0.05, 0.1) is 5.25 Å². The van der Waals surface area contributed by atoms with Crippen LogP contribution in [0.3, 0.4) is 0 Å². The van der Waals surface area contributed by atoms with Gasteiger partial charge in [0.15, 0.2) is 11.6 Å². The Hall–Kier alpha value is -1.88. The van der Waals surface area contributed by atoms with Crippen molar-refractivity contribution in [1.82, 2.24) is 0 Å². The third kappa shape index (κ3) is 3.24. The van der Waals surface area contributed by atoms with Crippen molar-refractivity contribution < 1.29 is 13.6 Å². The fraction of sp³-hybridized carbons (Fsp3) is 0.278. The molecule has 1 unspecified atom stereocenters. The van der Waals surface area contributed by atoms with Gasteiger partial charge >= 0.3 is 0 Å². The molecule has 0 saturated carbocycles. The fourth-order valence-electron chi connectivity index (χ4n) is 2.73. The summed E-state index contributed by atoms with van der Waals surface area (Å²) in [6.07, 6.45) is 0.859. The van der Waals surface area contributed by atoms with Crippen LogP contribution < -0.4 is 4.90 Å². The molecule has 1 atom stereocenters. The normalized spacial score (nSPS) is 14.7. The molecule has 120 valence electrons. The molecule has 0 N–H and O–H groups in total. The maximum atomic E-state index is 13.7. The number of carbonyl (C=O) groups is 1. The van der Waals surface area contributed by atoms with Gasteiger partial charge in [-0.3, -0.25) is 4.79 Å². The molecular formula is C18H17F2NOS. The standard InChI is InChI=1S/C18H17F2NOS/c1-12(23-11-14-6-4-7-15(19)17(14)20)18(22)21-10-9-13-5-2-3-8-16(13)21/h2-8,12H,9-11H2,1H3. The molecule has 0 saturated heterocycles. The minimum Gasteiger partial charge on any atom is -0.311 e. The molecule has 1 aliphatic rings. The van der Waals surface area contributed by atoms with Gasteiger partial charge in [-0.2, -0.15) is 0 Å². The van der Waals surface area contributed by atoms with Crippen LogP contribution in [0.25, 0.3) is 0 Å². The van der Waals surface area contributed by atoms with E-state index in [1.807, 2.05) is 31.2 Å². The van der Waals surface area contributed by atoms with E-state index in [0.29, 0.717) is 6.54 Å². The van der Waals surface area contributed by atoms with E-state index in [1.54, 1.807) is 11.0 Å². The highest BCUT2D eigenvalue weighted by Crippen LogP contribution is 2.30. The summed E-state index contributed by atoms with van der Waals surface area (Å²) in [6.45, 7) is 2.49. The van der Waals surface area contributed by atoms with Crippen molar-refractivity contribution >= 4 is 23.4 Å². The maximum absolute atomic E-state index is 13.7. The number of nitrogens with zero attached hydrogens (tertiary/aromatic N) is 1. The number of benzene rings is 2. The fourth-order valence-corrected chi connectivity index (χ4v) is 3.65. The van der Waals surface area contributed by atoms with Gasteiger partial charge in [-0.15, -0.1) is 11.8 Å². The summed E-state index contributed by atoms with van der Waals surface area (Å²) in [6, 6.07) is 12.0. The van der Waals surface area contributed by atoms with Crippen molar-refractivity contribution in [2.75, 3.05) is 11.4 Å². The Morgan fingerprint density at radius 2 is 2.00 bits per heavy atom. The summed E-state index contributed by atoms with van der Waals surface area (Å²) >= 11 is 1.32. The van der Waals surface area contributed by atoms with Crippen LogP contribution in [0.1, 0.15) is 18.1 Å². The molecule has 2 nitrogen and oxygen atoms in total. The van der Waals surface area contributed by atoms with E-state index in [1.165, 1.54) is 23.4 Å². The van der Waals surface area contributed by atoms with E-state index >= 15 is 0 Å². The Morgan fingerprint density at radius 1 is 1.22 bits per heavy atom. The van der Waals surface area contributed by atoms with E-state index in [-0.39, 0.29) is 22.5 Å². The molecule has 5 heteroatoms.